The molecule has 162 valence electrons. The molecule has 0 bridgehead atoms. The first-order valence-corrected chi connectivity index (χ1v) is 10.9. The summed E-state index contributed by atoms with van der Waals surface area (Å²) in [5.74, 6) is 0.245. The van der Waals surface area contributed by atoms with E-state index in [1.54, 1.807) is 35.7 Å². The molecule has 0 fully saturated rings. The van der Waals surface area contributed by atoms with E-state index in [0.717, 1.165) is 11.4 Å². The zero-order chi connectivity index (χ0) is 22.7. The number of cyclic esters (lactones) is 1. The number of amides is 1. The van der Waals surface area contributed by atoms with Gasteiger partial charge in [-0.15, -0.1) is 11.3 Å². The van der Waals surface area contributed by atoms with Gasteiger partial charge in [0, 0.05) is 17.9 Å². The Hall–Kier alpha value is -3.78. The fraction of sp³-hybridized carbons (Fsp3) is 0.167. The van der Waals surface area contributed by atoms with Crippen molar-refractivity contribution in [3.8, 4) is 5.75 Å². The number of aliphatic imine (C=N–C) groups is 1. The summed E-state index contributed by atoms with van der Waals surface area (Å²) in [6.45, 7) is 5.38. The second-order valence-electron chi connectivity index (χ2n) is 7.27. The number of benzene rings is 2. The second-order valence-corrected chi connectivity index (χ2v) is 8.11. The van der Waals surface area contributed by atoms with Crippen molar-refractivity contribution in [1.29, 1.82) is 0 Å². The number of thiazole rings is 1. The van der Waals surface area contributed by atoms with Crippen LogP contribution in [0.1, 0.15) is 32.0 Å². The summed E-state index contributed by atoms with van der Waals surface area (Å²) < 4.78 is 11.0. The molecular weight excluding hydrogens is 426 g/mol. The Morgan fingerprint density at radius 1 is 1.12 bits per heavy atom. The Labute approximate surface area is 189 Å². The van der Waals surface area contributed by atoms with Crippen LogP contribution < -0.4 is 9.64 Å². The number of ether oxygens (including phenoxy) is 2. The van der Waals surface area contributed by atoms with Crippen LogP contribution >= 0.6 is 11.3 Å². The molecule has 0 saturated carbocycles. The van der Waals surface area contributed by atoms with E-state index in [-0.39, 0.29) is 23.6 Å². The van der Waals surface area contributed by atoms with Crippen molar-refractivity contribution in [3.05, 3.63) is 76.9 Å². The van der Waals surface area contributed by atoms with Crippen molar-refractivity contribution in [2.75, 3.05) is 4.90 Å². The summed E-state index contributed by atoms with van der Waals surface area (Å²) in [5, 5.41) is 2.27. The predicted molar refractivity (Wildman–Crippen MR) is 124 cm³/mol. The van der Waals surface area contributed by atoms with Gasteiger partial charge in [0.15, 0.2) is 10.8 Å². The smallest absolute Gasteiger partial charge is 0.363 e. The molecule has 1 amide bonds. The van der Waals surface area contributed by atoms with Crippen LogP contribution in [-0.2, 0) is 14.3 Å². The molecular formula is C24H21N3O4S. The van der Waals surface area contributed by atoms with Gasteiger partial charge in [-0.2, -0.15) is 0 Å². The zero-order valence-corrected chi connectivity index (χ0v) is 18.6. The Morgan fingerprint density at radius 2 is 1.84 bits per heavy atom. The number of carbonyl (C=O) groups is 2. The van der Waals surface area contributed by atoms with Gasteiger partial charge in [-0.3, -0.25) is 9.69 Å². The third-order valence-corrected chi connectivity index (χ3v) is 5.25. The van der Waals surface area contributed by atoms with E-state index in [9.17, 15) is 9.59 Å². The Bertz CT molecular complexity index is 1200. The van der Waals surface area contributed by atoms with Gasteiger partial charge in [0.1, 0.15) is 5.75 Å². The lowest BCUT2D eigenvalue weighted by Gasteiger charge is -2.17. The lowest BCUT2D eigenvalue weighted by atomic mass is 10.2. The molecule has 0 N–H and O–H groups in total. The minimum Gasteiger partial charge on any atom is -0.491 e. The van der Waals surface area contributed by atoms with Crippen LogP contribution in [0.3, 0.4) is 0 Å². The van der Waals surface area contributed by atoms with E-state index in [2.05, 4.69) is 9.98 Å². The minimum absolute atomic E-state index is 0.0702. The Balaban J connectivity index is 1.56. The monoisotopic (exact) mass is 447 g/mol. The third-order valence-electron chi connectivity index (χ3n) is 4.41. The topological polar surface area (TPSA) is 81.1 Å². The molecule has 4 rings (SSSR count). The number of esters is 1. The molecule has 0 spiro atoms. The molecule has 1 aromatic heterocycles. The highest BCUT2D eigenvalue weighted by Crippen LogP contribution is 2.30. The van der Waals surface area contributed by atoms with Gasteiger partial charge in [-0.1, -0.05) is 18.2 Å². The molecule has 32 heavy (non-hydrogen) atoms. The highest BCUT2D eigenvalue weighted by molar-refractivity contribution is 7.14. The number of hydrogen-bond acceptors (Lipinski definition) is 7. The number of anilines is 2. The summed E-state index contributed by atoms with van der Waals surface area (Å²) in [7, 11) is 0. The normalized spacial score (nSPS) is 14.4. The average Bonchev–Trinajstić information content (AvgIpc) is 3.36. The van der Waals surface area contributed by atoms with Gasteiger partial charge in [-0.25, -0.2) is 14.8 Å². The minimum atomic E-state index is -0.552. The van der Waals surface area contributed by atoms with Gasteiger partial charge in [-0.05, 0) is 56.3 Å². The first kappa shape index (κ1) is 21.5. The maximum atomic E-state index is 12.3. The van der Waals surface area contributed by atoms with E-state index in [0.29, 0.717) is 16.4 Å². The standard InChI is InChI=1S/C24H21N3O4S/c1-15(2)30-20-11-9-17(10-12-20)22-26-21(23(29)31-22)13-18-14-32-24(25-18)27(16(3)28)19-7-5-4-6-8-19/h4-15H,1-3H3/b21-13-. The summed E-state index contributed by atoms with van der Waals surface area (Å²) in [6.07, 6.45) is 1.62. The maximum absolute atomic E-state index is 12.3. The summed E-state index contributed by atoms with van der Waals surface area (Å²) in [6, 6.07) is 16.5. The Kier molecular flexibility index (Phi) is 6.13. The van der Waals surface area contributed by atoms with Crippen molar-refractivity contribution in [2.24, 2.45) is 4.99 Å². The first-order valence-electron chi connectivity index (χ1n) is 10.0. The fourth-order valence-corrected chi connectivity index (χ4v) is 3.91. The summed E-state index contributed by atoms with van der Waals surface area (Å²) in [4.78, 5) is 34.9. The molecule has 8 heteroatoms. The predicted octanol–water partition coefficient (Wildman–Crippen LogP) is 4.96. The number of hydrogen-bond donors (Lipinski definition) is 0. The molecule has 2 aromatic carbocycles. The van der Waals surface area contributed by atoms with E-state index >= 15 is 0 Å². The van der Waals surface area contributed by atoms with E-state index < -0.39 is 5.97 Å². The lowest BCUT2D eigenvalue weighted by molar-refractivity contribution is -0.130. The second kappa shape index (κ2) is 9.15. The molecule has 0 atom stereocenters. The lowest BCUT2D eigenvalue weighted by Crippen LogP contribution is -2.22. The molecule has 7 nitrogen and oxygen atoms in total. The first-order chi connectivity index (χ1) is 15.4. The molecule has 0 aliphatic carbocycles. The molecule has 0 saturated heterocycles. The SMILES string of the molecule is CC(=O)N(c1ccccc1)c1nc(/C=C2\N=C(c3ccc(OC(C)C)cc3)OC2=O)cs1. The van der Waals surface area contributed by atoms with Crippen LogP contribution in [-0.4, -0.2) is 28.9 Å². The van der Waals surface area contributed by atoms with Gasteiger partial charge in [0.2, 0.25) is 11.8 Å². The van der Waals surface area contributed by atoms with Gasteiger partial charge < -0.3 is 9.47 Å². The van der Waals surface area contributed by atoms with E-state index in [1.807, 2.05) is 44.2 Å². The van der Waals surface area contributed by atoms with Crippen molar-refractivity contribution >= 4 is 46.0 Å². The van der Waals surface area contributed by atoms with Crippen molar-refractivity contribution < 1.29 is 19.1 Å². The van der Waals surface area contributed by atoms with Crippen LogP contribution in [0.4, 0.5) is 10.8 Å². The van der Waals surface area contributed by atoms with Crippen LogP contribution in [0.2, 0.25) is 0 Å². The molecule has 0 unspecified atom stereocenters. The average molecular weight is 448 g/mol. The van der Waals surface area contributed by atoms with Crippen LogP contribution in [0.25, 0.3) is 6.08 Å². The van der Waals surface area contributed by atoms with E-state index in [1.165, 1.54) is 23.2 Å². The van der Waals surface area contributed by atoms with Crippen LogP contribution in [0.5, 0.6) is 5.75 Å². The number of nitrogens with zero attached hydrogens (tertiary/aromatic N) is 3. The quantitative estimate of drug-likeness (QED) is 0.394. The number of para-hydroxylation sites is 1. The third kappa shape index (κ3) is 4.76. The molecule has 1 aliphatic heterocycles. The van der Waals surface area contributed by atoms with Gasteiger partial charge in [0.05, 0.1) is 17.5 Å². The molecule has 1 aliphatic rings. The number of aromatic nitrogens is 1. The highest BCUT2D eigenvalue weighted by Gasteiger charge is 2.25. The molecule has 2 heterocycles. The summed E-state index contributed by atoms with van der Waals surface area (Å²) in [5.41, 5.74) is 2.06. The van der Waals surface area contributed by atoms with Crippen LogP contribution in [0, 0.1) is 0 Å². The highest BCUT2D eigenvalue weighted by atomic mass is 32.1. The number of carbonyl (C=O) groups excluding carboxylic acids is 2. The van der Waals surface area contributed by atoms with Gasteiger partial charge >= 0.3 is 5.97 Å². The van der Waals surface area contributed by atoms with E-state index in [4.69, 9.17) is 9.47 Å². The van der Waals surface area contributed by atoms with Crippen molar-refractivity contribution in [1.82, 2.24) is 4.98 Å². The van der Waals surface area contributed by atoms with Crippen molar-refractivity contribution in [3.63, 3.8) is 0 Å². The van der Waals surface area contributed by atoms with Gasteiger partial charge in [0.25, 0.3) is 0 Å². The van der Waals surface area contributed by atoms with Crippen LogP contribution in [0.15, 0.2) is 70.7 Å². The fourth-order valence-electron chi connectivity index (χ4n) is 3.07. The van der Waals surface area contributed by atoms with Crippen molar-refractivity contribution in [2.45, 2.75) is 26.9 Å². The largest absolute Gasteiger partial charge is 0.491 e. The molecule has 3 aromatic rings. The Morgan fingerprint density at radius 3 is 2.50 bits per heavy atom. The number of rotatable bonds is 6. The molecule has 0 radical (unpaired) electrons. The summed E-state index contributed by atoms with van der Waals surface area (Å²) >= 11 is 1.30. The zero-order valence-electron chi connectivity index (χ0n) is 17.8. The maximum Gasteiger partial charge on any atom is 0.363 e.